The molecule has 0 spiro atoms. The number of nitrogens with zero attached hydrogens (tertiary/aromatic N) is 5. The van der Waals surface area contributed by atoms with E-state index < -0.39 is 0 Å². The van der Waals surface area contributed by atoms with Crippen LogP contribution in [0.3, 0.4) is 0 Å². The zero-order valence-electron chi connectivity index (χ0n) is 14.8. The van der Waals surface area contributed by atoms with E-state index in [2.05, 4.69) is 40.7 Å². The molecule has 3 heterocycles. The average molecular weight is 338 g/mol. The number of likely N-dealkylation sites (tertiary alicyclic amines) is 1. The van der Waals surface area contributed by atoms with Gasteiger partial charge in [-0.1, -0.05) is 13.8 Å². The van der Waals surface area contributed by atoms with Gasteiger partial charge in [0, 0.05) is 32.9 Å². The highest BCUT2D eigenvalue weighted by atomic mass is 16.2. The number of aromatic amines is 1. The second-order valence-corrected chi connectivity index (χ2v) is 7.79. The molecule has 25 heavy (non-hydrogen) atoms. The standard InChI is InChI=1S/C18H22N6O/c1-17-9-24(14(25)4-6-19)10-18(17,2)13(17)8-23(3)16-12-5-7-20-15(12)21-11-22-16/h5,7,11,13H,4,8-10H2,1-3H3,(H,20,21,22)/t13-,17-,18+. The Morgan fingerprint density at radius 1 is 1.44 bits per heavy atom. The lowest BCUT2D eigenvalue weighted by atomic mass is 10.0. The maximum Gasteiger partial charge on any atom is 0.236 e. The summed E-state index contributed by atoms with van der Waals surface area (Å²) in [7, 11) is 2.06. The summed E-state index contributed by atoms with van der Waals surface area (Å²) in [5, 5.41) is 9.77. The van der Waals surface area contributed by atoms with E-state index in [-0.39, 0.29) is 23.2 Å². The van der Waals surface area contributed by atoms with Crippen molar-refractivity contribution in [3.05, 3.63) is 18.6 Å². The van der Waals surface area contributed by atoms with E-state index in [1.807, 2.05) is 23.2 Å². The fourth-order valence-electron chi connectivity index (χ4n) is 4.79. The van der Waals surface area contributed by atoms with E-state index in [0.717, 1.165) is 36.5 Å². The van der Waals surface area contributed by atoms with Gasteiger partial charge in [0.1, 0.15) is 24.2 Å². The minimum Gasteiger partial charge on any atom is -0.359 e. The number of carbonyl (C=O) groups excluding carboxylic acids is 1. The van der Waals surface area contributed by atoms with E-state index in [9.17, 15) is 4.79 Å². The maximum absolute atomic E-state index is 12.0. The summed E-state index contributed by atoms with van der Waals surface area (Å²) >= 11 is 0. The number of amides is 1. The number of fused-ring (bicyclic) bond motifs is 2. The molecule has 1 aliphatic carbocycles. The predicted molar refractivity (Wildman–Crippen MR) is 93.7 cm³/mol. The molecule has 130 valence electrons. The van der Waals surface area contributed by atoms with Crippen molar-refractivity contribution in [2.24, 2.45) is 16.7 Å². The van der Waals surface area contributed by atoms with Gasteiger partial charge in [-0.3, -0.25) is 4.79 Å². The molecule has 1 saturated heterocycles. The molecule has 4 rings (SSSR count). The lowest BCUT2D eigenvalue weighted by Gasteiger charge is -2.26. The number of nitriles is 1. The monoisotopic (exact) mass is 338 g/mol. The van der Waals surface area contributed by atoms with Gasteiger partial charge < -0.3 is 14.8 Å². The molecule has 0 unspecified atom stereocenters. The highest BCUT2D eigenvalue weighted by molar-refractivity contribution is 5.87. The third-order valence-electron chi connectivity index (χ3n) is 6.53. The first kappa shape index (κ1) is 15.9. The molecule has 1 aliphatic heterocycles. The highest BCUT2D eigenvalue weighted by Gasteiger charge is 2.75. The fraction of sp³-hybridized carbons (Fsp3) is 0.556. The third kappa shape index (κ3) is 2.13. The number of carbonyl (C=O) groups is 1. The highest BCUT2D eigenvalue weighted by Crippen LogP contribution is 2.72. The first-order chi connectivity index (χ1) is 11.9. The van der Waals surface area contributed by atoms with Gasteiger partial charge in [0.25, 0.3) is 0 Å². The van der Waals surface area contributed by atoms with E-state index in [4.69, 9.17) is 5.26 Å². The smallest absolute Gasteiger partial charge is 0.236 e. The minimum absolute atomic E-state index is 0.0247. The Bertz CT molecular complexity index is 867. The maximum atomic E-state index is 12.0. The Labute approximate surface area is 146 Å². The second kappa shape index (κ2) is 5.19. The minimum atomic E-state index is -0.0471. The van der Waals surface area contributed by atoms with Crippen LogP contribution < -0.4 is 4.90 Å². The zero-order valence-corrected chi connectivity index (χ0v) is 14.8. The van der Waals surface area contributed by atoms with Crippen LogP contribution in [0.25, 0.3) is 11.0 Å². The fourth-order valence-corrected chi connectivity index (χ4v) is 4.79. The Morgan fingerprint density at radius 2 is 2.16 bits per heavy atom. The summed E-state index contributed by atoms with van der Waals surface area (Å²) in [6.45, 7) is 6.90. The number of nitrogens with one attached hydrogen (secondary N) is 1. The average Bonchev–Trinajstić information content (AvgIpc) is 2.99. The molecular formula is C18H22N6O. The van der Waals surface area contributed by atoms with Crippen LogP contribution in [-0.4, -0.2) is 52.4 Å². The van der Waals surface area contributed by atoms with Gasteiger partial charge in [-0.2, -0.15) is 5.26 Å². The van der Waals surface area contributed by atoms with Crippen molar-refractivity contribution in [2.45, 2.75) is 20.3 Å². The third-order valence-corrected chi connectivity index (χ3v) is 6.53. The van der Waals surface area contributed by atoms with Crippen LogP contribution in [0.1, 0.15) is 20.3 Å². The summed E-state index contributed by atoms with van der Waals surface area (Å²) in [6.07, 6.45) is 3.44. The van der Waals surface area contributed by atoms with Gasteiger partial charge in [0.15, 0.2) is 0 Å². The normalized spacial score (nSPS) is 30.2. The van der Waals surface area contributed by atoms with Crippen LogP contribution in [-0.2, 0) is 4.79 Å². The Kier molecular flexibility index (Phi) is 3.29. The summed E-state index contributed by atoms with van der Waals surface area (Å²) in [4.78, 5) is 27.9. The number of rotatable bonds is 4. The molecule has 2 aliphatic rings. The first-order valence-corrected chi connectivity index (χ1v) is 8.54. The van der Waals surface area contributed by atoms with Gasteiger partial charge in [0.05, 0.1) is 11.5 Å². The molecule has 7 nitrogen and oxygen atoms in total. The van der Waals surface area contributed by atoms with Crippen LogP contribution >= 0.6 is 0 Å². The topological polar surface area (TPSA) is 88.9 Å². The number of hydrogen-bond donors (Lipinski definition) is 1. The van der Waals surface area contributed by atoms with Gasteiger partial charge >= 0.3 is 0 Å². The van der Waals surface area contributed by atoms with E-state index in [1.54, 1.807) is 6.33 Å². The van der Waals surface area contributed by atoms with Crippen molar-refractivity contribution in [2.75, 3.05) is 31.6 Å². The number of piperidine rings is 1. The van der Waals surface area contributed by atoms with Crippen molar-refractivity contribution < 1.29 is 4.79 Å². The molecule has 7 heteroatoms. The van der Waals surface area contributed by atoms with Crippen LogP contribution in [0.2, 0.25) is 0 Å². The van der Waals surface area contributed by atoms with E-state index in [1.165, 1.54) is 0 Å². The number of hydrogen-bond acceptors (Lipinski definition) is 5. The Balaban J connectivity index is 1.50. The van der Waals surface area contributed by atoms with Crippen LogP contribution in [0.4, 0.5) is 5.82 Å². The number of H-pyrrole nitrogens is 1. The summed E-state index contributed by atoms with van der Waals surface area (Å²) < 4.78 is 0. The zero-order chi connectivity index (χ0) is 17.8. The van der Waals surface area contributed by atoms with Crippen LogP contribution in [0.15, 0.2) is 18.6 Å². The van der Waals surface area contributed by atoms with Gasteiger partial charge in [-0.25, -0.2) is 9.97 Å². The molecule has 0 aromatic carbocycles. The molecular weight excluding hydrogens is 316 g/mol. The number of anilines is 1. The quantitative estimate of drug-likeness (QED) is 0.918. The summed E-state index contributed by atoms with van der Waals surface area (Å²) in [5.41, 5.74) is 1.06. The molecule has 1 amide bonds. The van der Waals surface area contributed by atoms with Gasteiger partial charge in [-0.15, -0.1) is 0 Å². The SMILES string of the molecule is CN(C[C@H]1[C@]2(C)CN(C(=O)CC#N)C[C@]12C)c1ncnc2[nH]ccc12. The second-order valence-electron chi connectivity index (χ2n) is 7.79. The Morgan fingerprint density at radius 3 is 2.84 bits per heavy atom. The van der Waals surface area contributed by atoms with Crippen molar-refractivity contribution in [1.82, 2.24) is 19.9 Å². The number of aromatic nitrogens is 3. The van der Waals surface area contributed by atoms with Crippen molar-refractivity contribution in [3.8, 4) is 6.07 Å². The Hall–Kier alpha value is -2.62. The molecule has 2 fully saturated rings. The van der Waals surface area contributed by atoms with Gasteiger partial charge in [0.2, 0.25) is 5.91 Å². The van der Waals surface area contributed by atoms with Gasteiger partial charge in [-0.05, 0) is 22.8 Å². The lowest BCUT2D eigenvalue weighted by molar-refractivity contribution is -0.130. The molecule has 3 atom stereocenters. The van der Waals surface area contributed by atoms with Crippen molar-refractivity contribution >= 4 is 22.8 Å². The summed E-state index contributed by atoms with van der Waals surface area (Å²) in [5.74, 6) is 1.38. The molecule has 0 bridgehead atoms. The molecule has 2 aromatic heterocycles. The summed E-state index contributed by atoms with van der Waals surface area (Å²) in [6, 6.07) is 3.96. The predicted octanol–water partition coefficient (Wildman–Crippen LogP) is 1.79. The van der Waals surface area contributed by atoms with Crippen molar-refractivity contribution in [3.63, 3.8) is 0 Å². The largest absolute Gasteiger partial charge is 0.359 e. The van der Waals surface area contributed by atoms with Crippen molar-refractivity contribution in [1.29, 1.82) is 5.26 Å². The van der Waals surface area contributed by atoms with E-state index in [0.29, 0.717) is 5.92 Å². The molecule has 0 radical (unpaired) electrons. The molecule has 1 N–H and O–H groups in total. The first-order valence-electron chi connectivity index (χ1n) is 8.54. The molecule has 2 aromatic rings. The lowest BCUT2D eigenvalue weighted by Crippen LogP contribution is -2.36. The van der Waals surface area contributed by atoms with E-state index >= 15 is 0 Å². The van der Waals surface area contributed by atoms with Crippen LogP contribution in [0.5, 0.6) is 0 Å². The van der Waals surface area contributed by atoms with Crippen LogP contribution in [0, 0.1) is 28.1 Å². The molecule has 1 saturated carbocycles.